The number of carbonyl (C=O) groups is 1. The van der Waals surface area contributed by atoms with Gasteiger partial charge in [-0.2, -0.15) is 0 Å². The van der Waals surface area contributed by atoms with Gasteiger partial charge in [-0.3, -0.25) is 4.79 Å². The summed E-state index contributed by atoms with van der Waals surface area (Å²) >= 11 is 6.03. The summed E-state index contributed by atoms with van der Waals surface area (Å²) < 4.78 is 0. The highest BCUT2D eigenvalue weighted by atomic mass is 35.5. The highest BCUT2D eigenvalue weighted by molar-refractivity contribution is 6.33. The molecule has 0 unspecified atom stereocenters. The van der Waals surface area contributed by atoms with Gasteiger partial charge in [0.2, 0.25) is 5.91 Å². The smallest absolute Gasteiger partial charge is 0.248 e. The van der Waals surface area contributed by atoms with Crippen molar-refractivity contribution in [2.45, 2.75) is 24.9 Å². The molecule has 1 amide bonds. The predicted octanol–water partition coefficient (Wildman–Crippen LogP) is 1.34. The summed E-state index contributed by atoms with van der Waals surface area (Å²) in [5.74, 6) is -0.473. The molecule has 0 heterocycles. The molecule has 4 nitrogen and oxygen atoms in total. The molecule has 16 heavy (non-hydrogen) atoms. The van der Waals surface area contributed by atoms with Crippen LogP contribution in [0.5, 0.6) is 0 Å². The van der Waals surface area contributed by atoms with Gasteiger partial charge in [-0.1, -0.05) is 11.6 Å². The number of hydrogen-bond donors (Lipinski definition) is 3. The summed E-state index contributed by atoms with van der Waals surface area (Å²) in [5.41, 5.74) is 12.1. The van der Waals surface area contributed by atoms with Gasteiger partial charge in [0.05, 0.1) is 10.7 Å². The minimum atomic E-state index is -0.473. The van der Waals surface area contributed by atoms with Crippen LogP contribution < -0.4 is 16.8 Å². The first kappa shape index (κ1) is 11.2. The van der Waals surface area contributed by atoms with Gasteiger partial charge in [0.15, 0.2) is 0 Å². The number of anilines is 1. The van der Waals surface area contributed by atoms with Crippen LogP contribution in [-0.4, -0.2) is 18.0 Å². The zero-order valence-corrected chi connectivity index (χ0v) is 9.50. The van der Waals surface area contributed by atoms with Crippen molar-refractivity contribution in [1.82, 2.24) is 0 Å². The van der Waals surface area contributed by atoms with Crippen molar-refractivity contribution in [2.75, 3.05) is 5.32 Å². The van der Waals surface area contributed by atoms with Gasteiger partial charge in [-0.05, 0) is 31.0 Å². The molecule has 0 aromatic heterocycles. The van der Waals surface area contributed by atoms with Gasteiger partial charge in [-0.15, -0.1) is 0 Å². The second kappa shape index (κ2) is 4.31. The fourth-order valence-electron chi connectivity index (χ4n) is 1.79. The van der Waals surface area contributed by atoms with Gasteiger partial charge in [0.25, 0.3) is 0 Å². The van der Waals surface area contributed by atoms with Crippen LogP contribution in [0.1, 0.15) is 23.2 Å². The van der Waals surface area contributed by atoms with E-state index in [1.165, 1.54) is 0 Å². The summed E-state index contributed by atoms with van der Waals surface area (Å²) in [6, 6.07) is 5.68. The quantitative estimate of drug-likeness (QED) is 0.745. The maximum atomic E-state index is 10.9. The minimum Gasteiger partial charge on any atom is -0.381 e. The lowest BCUT2D eigenvalue weighted by Gasteiger charge is -2.34. The molecule has 0 atom stereocenters. The molecule has 1 aromatic carbocycles. The number of halogens is 1. The van der Waals surface area contributed by atoms with Crippen LogP contribution >= 0.6 is 11.6 Å². The monoisotopic (exact) mass is 239 g/mol. The van der Waals surface area contributed by atoms with Crippen LogP contribution in [0, 0.1) is 0 Å². The fraction of sp³-hybridized carbons (Fsp3) is 0.364. The third-order valence-corrected chi connectivity index (χ3v) is 3.10. The van der Waals surface area contributed by atoms with E-state index < -0.39 is 5.91 Å². The Morgan fingerprint density at radius 3 is 2.62 bits per heavy atom. The Morgan fingerprint density at radius 1 is 1.44 bits per heavy atom. The zero-order chi connectivity index (χ0) is 11.7. The lowest BCUT2D eigenvalue weighted by molar-refractivity contribution is 0.100. The van der Waals surface area contributed by atoms with Crippen LogP contribution in [0.25, 0.3) is 0 Å². The molecule has 2 rings (SSSR count). The second-order valence-corrected chi connectivity index (χ2v) is 4.54. The van der Waals surface area contributed by atoms with E-state index in [2.05, 4.69) is 5.32 Å². The number of primary amides is 1. The van der Waals surface area contributed by atoms with Crippen LogP contribution in [0.15, 0.2) is 18.2 Å². The molecule has 1 fully saturated rings. The normalized spacial score (nSPS) is 23.6. The average Bonchev–Trinajstić information content (AvgIpc) is 2.18. The summed E-state index contributed by atoms with van der Waals surface area (Å²) in [4.78, 5) is 10.9. The number of carbonyl (C=O) groups excluding carboxylic acids is 1. The fourth-order valence-corrected chi connectivity index (χ4v) is 2.02. The SMILES string of the molecule is NC(=O)c1ccc(NC2CC(N)C2)c(Cl)c1. The van der Waals surface area contributed by atoms with E-state index in [4.69, 9.17) is 23.1 Å². The van der Waals surface area contributed by atoms with Crippen molar-refractivity contribution < 1.29 is 4.79 Å². The summed E-state index contributed by atoms with van der Waals surface area (Å²) in [6.45, 7) is 0. The van der Waals surface area contributed by atoms with Gasteiger partial charge in [0, 0.05) is 17.6 Å². The Balaban J connectivity index is 2.07. The van der Waals surface area contributed by atoms with E-state index in [0.717, 1.165) is 18.5 Å². The van der Waals surface area contributed by atoms with Crippen molar-refractivity contribution in [3.8, 4) is 0 Å². The number of benzene rings is 1. The van der Waals surface area contributed by atoms with E-state index in [0.29, 0.717) is 22.7 Å². The summed E-state index contributed by atoms with van der Waals surface area (Å²) in [7, 11) is 0. The molecule has 0 saturated heterocycles. The standard InChI is InChI=1S/C11H14ClN3O/c12-9-3-6(11(14)16)1-2-10(9)15-8-4-7(13)5-8/h1-3,7-8,15H,4-5,13H2,(H2,14,16). The Kier molecular flexibility index (Phi) is 3.03. The topological polar surface area (TPSA) is 81.1 Å². The van der Waals surface area contributed by atoms with E-state index in [-0.39, 0.29) is 0 Å². The summed E-state index contributed by atoms with van der Waals surface area (Å²) in [5, 5.41) is 3.79. The van der Waals surface area contributed by atoms with Gasteiger partial charge in [0.1, 0.15) is 0 Å². The minimum absolute atomic E-state index is 0.293. The predicted molar refractivity (Wildman–Crippen MR) is 64.6 cm³/mol. The maximum Gasteiger partial charge on any atom is 0.248 e. The third-order valence-electron chi connectivity index (χ3n) is 2.79. The Bertz CT molecular complexity index is 416. The Hall–Kier alpha value is -1.26. The van der Waals surface area contributed by atoms with Crippen LogP contribution in [0.3, 0.4) is 0 Å². The van der Waals surface area contributed by atoms with E-state index in [9.17, 15) is 4.79 Å². The zero-order valence-electron chi connectivity index (χ0n) is 8.74. The van der Waals surface area contributed by atoms with Crippen molar-refractivity contribution in [2.24, 2.45) is 11.5 Å². The molecule has 86 valence electrons. The first-order chi connectivity index (χ1) is 7.56. The first-order valence-electron chi connectivity index (χ1n) is 5.17. The highest BCUT2D eigenvalue weighted by Gasteiger charge is 2.26. The lowest BCUT2D eigenvalue weighted by atomic mass is 9.87. The molecule has 5 heteroatoms. The molecule has 0 aliphatic heterocycles. The Labute approximate surface area is 98.9 Å². The molecule has 0 spiro atoms. The first-order valence-corrected chi connectivity index (χ1v) is 5.55. The van der Waals surface area contributed by atoms with Crippen molar-refractivity contribution in [1.29, 1.82) is 0 Å². The van der Waals surface area contributed by atoms with Crippen molar-refractivity contribution in [3.05, 3.63) is 28.8 Å². The van der Waals surface area contributed by atoms with Gasteiger partial charge < -0.3 is 16.8 Å². The molecule has 0 radical (unpaired) electrons. The van der Waals surface area contributed by atoms with Gasteiger partial charge in [-0.25, -0.2) is 0 Å². The maximum absolute atomic E-state index is 10.9. The molecule has 1 saturated carbocycles. The molecular weight excluding hydrogens is 226 g/mol. The van der Waals surface area contributed by atoms with Gasteiger partial charge >= 0.3 is 0 Å². The molecule has 1 aromatic rings. The van der Waals surface area contributed by atoms with Crippen LogP contribution in [0.4, 0.5) is 5.69 Å². The number of amides is 1. The molecular formula is C11H14ClN3O. The van der Waals surface area contributed by atoms with Crippen molar-refractivity contribution >= 4 is 23.2 Å². The highest BCUT2D eigenvalue weighted by Crippen LogP contribution is 2.28. The number of nitrogens with one attached hydrogen (secondary N) is 1. The molecule has 5 N–H and O–H groups in total. The molecule has 0 bridgehead atoms. The van der Waals surface area contributed by atoms with E-state index >= 15 is 0 Å². The Morgan fingerprint density at radius 2 is 2.12 bits per heavy atom. The molecule has 1 aliphatic carbocycles. The molecule has 1 aliphatic rings. The average molecular weight is 240 g/mol. The second-order valence-electron chi connectivity index (χ2n) is 4.13. The van der Waals surface area contributed by atoms with Crippen molar-refractivity contribution in [3.63, 3.8) is 0 Å². The number of hydrogen-bond acceptors (Lipinski definition) is 3. The lowest BCUT2D eigenvalue weighted by Crippen LogP contribution is -2.44. The van der Waals surface area contributed by atoms with Crippen LogP contribution in [-0.2, 0) is 0 Å². The number of rotatable bonds is 3. The number of nitrogens with two attached hydrogens (primary N) is 2. The van der Waals surface area contributed by atoms with E-state index in [1.54, 1.807) is 18.2 Å². The summed E-state index contributed by atoms with van der Waals surface area (Å²) in [6.07, 6.45) is 1.90. The van der Waals surface area contributed by atoms with E-state index in [1.807, 2.05) is 0 Å². The third kappa shape index (κ3) is 2.28. The largest absolute Gasteiger partial charge is 0.381 e. The van der Waals surface area contributed by atoms with Crippen LogP contribution in [0.2, 0.25) is 5.02 Å².